The van der Waals surface area contributed by atoms with E-state index in [1.807, 2.05) is 11.4 Å². The van der Waals surface area contributed by atoms with Gasteiger partial charge in [0, 0.05) is 56.3 Å². The summed E-state index contributed by atoms with van der Waals surface area (Å²) in [6, 6.07) is 10.8. The number of thiazole rings is 1. The zero-order chi connectivity index (χ0) is 25.5. The summed E-state index contributed by atoms with van der Waals surface area (Å²) in [6.45, 7) is 6.77. The third kappa shape index (κ3) is 6.31. The van der Waals surface area contributed by atoms with E-state index in [0.717, 1.165) is 60.2 Å². The second-order valence-electron chi connectivity index (χ2n) is 8.52. The molecule has 192 valence electrons. The quantitative estimate of drug-likeness (QED) is 0.482. The molecule has 0 unspecified atom stereocenters. The molecular formula is C26H32FN5O3S. The van der Waals surface area contributed by atoms with E-state index in [0.29, 0.717) is 24.3 Å². The number of nitrogens with zero attached hydrogens (tertiary/aromatic N) is 3. The highest BCUT2D eigenvalue weighted by atomic mass is 32.1. The van der Waals surface area contributed by atoms with Crippen LogP contribution >= 0.6 is 11.3 Å². The second kappa shape index (κ2) is 12.2. The average molecular weight is 514 g/mol. The summed E-state index contributed by atoms with van der Waals surface area (Å²) in [4.78, 5) is 19.6. The maximum Gasteiger partial charge on any atom is 0.314 e. The molecule has 36 heavy (non-hydrogen) atoms. The highest BCUT2D eigenvalue weighted by molar-refractivity contribution is 7.07. The first-order valence-corrected chi connectivity index (χ1v) is 12.8. The molecule has 2 heterocycles. The molecule has 2 aromatic carbocycles. The van der Waals surface area contributed by atoms with Crippen LogP contribution in [0, 0.1) is 12.7 Å². The van der Waals surface area contributed by atoms with Gasteiger partial charge in [0.25, 0.3) is 0 Å². The van der Waals surface area contributed by atoms with Crippen molar-refractivity contribution in [2.75, 3.05) is 47.0 Å². The third-order valence-corrected chi connectivity index (χ3v) is 6.96. The van der Waals surface area contributed by atoms with Gasteiger partial charge in [-0.1, -0.05) is 12.1 Å². The van der Waals surface area contributed by atoms with E-state index < -0.39 is 0 Å². The van der Waals surface area contributed by atoms with Gasteiger partial charge in [0.15, 0.2) is 4.80 Å². The Morgan fingerprint density at radius 1 is 1.22 bits per heavy atom. The predicted molar refractivity (Wildman–Crippen MR) is 139 cm³/mol. The lowest BCUT2D eigenvalue weighted by Crippen LogP contribution is -2.36. The van der Waals surface area contributed by atoms with Crippen molar-refractivity contribution in [2.45, 2.75) is 20.0 Å². The van der Waals surface area contributed by atoms with Crippen LogP contribution in [0.5, 0.6) is 5.75 Å². The van der Waals surface area contributed by atoms with Crippen molar-refractivity contribution in [1.82, 2.24) is 20.1 Å². The standard InChI is InChI=1S/C26H32FN5O3S/c1-18-14-21(6-7-22(18)27)30-26-32(9-8-29-25(33)28-2)23(17-36-26)19-4-5-20(24(15-19)34-3)16-31-10-12-35-13-11-31/h4-7,14-15,17H,8-13,16H2,1-3H3,(H2,28,29,33)/b30-26-. The van der Waals surface area contributed by atoms with Crippen molar-refractivity contribution in [3.8, 4) is 17.0 Å². The number of methoxy groups -OCH3 is 1. The van der Waals surface area contributed by atoms with E-state index in [9.17, 15) is 9.18 Å². The van der Waals surface area contributed by atoms with Crippen LogP contribution in [0.4, 0.5) is 14.9 Å². The topological polar surface area (TPSA) is 80.1 Å². The molecule has 8 nitrogen and oxygen atoms in total. The average Bonchev–Trinajstić information content (AvgIpc) is 3.29. The fourth-order valence-corrected chi connectivity index (χ4v) is 5.03. The molecule has 1 aromatic heterocycles. The lowest BCUT2D eigenvalue weighted by Gasteiger charge is -2.27. The number of aryl methyl sites for hydroxylation is 1. The van der Waals surface area contributed by atoms with Gasteiger partial charge in [-0.3, -0.25) is 4.90 Å². The largest absolute Gasteiger partial charge is 0.496 e. The molecule has 10 heteroatoms. The Kier molecular flexibility index (Phi) is 8.74. The summed E-state index contributed by atoms with van der Waals surface area (Å²) >= 11 is 1.50. The second-order valence-corrected chi connectivity index (χ2v) is 9.36. The number of amides is 2. The van der Waals surface area contributed by atoms with Gasteiger partial charge >= 0.3 is 6.03 Å². The molecule has 0 radical (unpaired) electrons. The van der Waals surface area contributed by atoms with Crippen LogP contribution in [0.15, 0.2) is 46.8 Å². The molecular weight excluding hydrogens is 481 g/mol. The van der Waals surface area contributed by atoms with Crippen LogP contribution in [-0.4, -0.2) is 62.5 Å². The van der Waals surface area contributed by atoms with E-state index in [4.69, 9.17) is 14.5 Å². The van der Waals surface area contributed by atoms with Crippen molar-refractivity contribution >= 4 is 23.1 Å². The van der Waals surface area contributed by atoms with E-state index in [1.165, 1.54) is 17.4 Å². The molecule has 2 amide bonds. The van der Waals surface area contributed by atoms with E-state index in [1.54, 1.807) is 33.2 Å². The van der Waals surface area contributed by atoms with Crippen molar-refractivity contribution in [3.63, 3.8) is 0 Å². The van der Waals surface area contributed by atoms with Gasteiger partial charge in [0.2, 0.25) is 0 Å². The van der Waals surface area contributed by atoms with Crippen LogP contribution in [0.25, 0.3) is 11.3 Å². The maximum absolute atomic E-state index is 13.8. The molecule has 1 fully saturated rings. The van der Waals surface area contributed by atoms with E-state index in [2.05, 4.69) is 32.2 Å². The fraction of sp³-hybridized carbons (Fsp3) is 0.385. The summed E-state index contributed by atoms with van der Waals surface area (Å²) in [5.41, 5.74) is 4.30. The third-order valence-electron chi connectivity index (χ3n) is 6.09. The number of hydrogen-bond acceptors (Lipinski definition) is 6. The zero-order valence-electron chi connectivity index (χ0n) is 20.8. The van der Waals surface area contributed by atoms with Gasteiger partial charge < -0.3 is 24.7 Å². The monoisotopic (exact) mass is 513 g/mol. The maximum atomic E-state index is 13.8. The van der Waals surface area contributed by atoms with Crippen LogP contribution in [0.1, 0.15) is 11.1 Å². The molecule has 4 rings (SSSR count). The molecule has 2 N–H and O–H groups in total. The number of hydrogen-bond donors (Lipinski definition) is 2. The number of morpholine rings is 1. The first-order valence-electron chi connectivity index (χ1n) is 11.9. The zero-order valence-corrected chi connectivity index (χ0v) is 21.7. The minimum Gasteiger partial charge on any atom is -0.496 e. The van der Waals surface area contributed by atoms with Gasteiger partial charge in [-0.15, -0.1) is 11.3 Å². The van der Waals surface area contributed by atoms with Crippen LogP contribution in [-0.2, 0) is 17.8 Å². The summed E-state index contributed by atoms with van der Waals surface area (Å²) in [6.07, 6.45) is 0. The predicted octanol–water partition coefficient (Wildman–Crippen LogP) is 3.67. The first-order chi connectivity index (χ1) is 17.5. The minimum absolute atomic E-state index is 0.242. The van der Waals surface area contributed by atoms with Crippen molar-refractivity contribution in [3.05, 3.63) is 63.5 Å². The summed E-state index contributed by atoms with van der Waals surface area (Å²) < 4.78 is 27.0. The lowest BCUT2D eigenvalue weighted by atomic mass is 10.1. The van der Waals surface area contributed by atoms with Crippen molar-refractivity contribution in [2.24, 2.45) is 4.99 Å². The Morgan fingerprint density at radius 3 is 2.75 bits per heavy atom. The highest BCUT2D eigenvalue weighted by Gasteiger charge is 2.16. The Bertz CT molecular complexity index is 1270. The number of carbonyl (C=O) groups is 1. The molecule has 0 atom stereocenters. The number of benzene rings is 2. The molecule has 0 aliphatic carbocycles. The molecule has 0 bridgehead atoms. The Morgan fingerprint density at radius 2 is 2.03 bits per heavy atom. The molecule has 1 aliphatic rings. The van der Waals surface area contributed by atoms with Crippen LogP contribution < -0.4 is 20.2 Å². The number of aromatic nitrogens is 1. The van der Waals surface area contributed by atoms with Gasteiger partial charge in [0.05, 0.1) is 31.7 Å². The van der Waals surface area contributed by atoms with Gasteiger partial charge in [0.1, 0.15) is 11.6 Å². The fourth-order valence-electron chi connectivity index (χ4n) is 4.08. The van der Waals surface area contributed by atoms with Crippen molar-refractivity contribution < 1.29 is 18.7 Å². The van der Waals surface area contributed by atoms with Crippen LogP contribution in [0.2, 0.25) is 0 Å². The minimum atomic E-state index is -0.257. The molecule has 3 aromatic rings. The lowest BCUT2D eigenvalue weighted by molar-refractivity contribution is 0.0339. The molecule has 1 saturated heterocycles. The summed E-state index contributed by atoms with van der Waals surface area (Å²) in [5.74, 6) is 0.570. The van der Waals surface area contributed by atoms with Crippen molar-refractivity contribution in [1.29, 1.82) is 0 Å². The number of nitrogens with one attached hydrogen (secondary N) is 2. The van der Waals surface area contributed by atoms with Gasteiger partial charge in [-0.25, -0.2) is 14.2 Å². The van der Waals surface area contributed by atoms with Gasteiger partial charge in [-0.05, 0) is 36.8 Å². The number of ether oxygens (including phenoxy) is 2. The highest BCUT2D eigenvalue weighted by Crippen LogP contribution is 2.29. The summed E-state index contributed by atoms with van der Waals surface area (Å²) in [7, 11) is 3.27. The summed E-state index contributed by atoms with van der Waals surface area (Å²) in [5, 5.41) is 7.45. The number of rotatable bonds is 8. The SMILES string of the molecule is CNC(=O)NCCn1c(-c2ccc(CN3CCOCC3)c(OC)c2)cs/c1=N\c1ccc(F)c(C)c1. The van der Waals surface area contributed by atoms with E-state index >= 15 is 0 Å². The molecule has 0 spiro atoms. The smallest absolute Gasteiger partial charge is 0.314 e. The number of urea groups is 1. The molecule has 0 saturated carbocycles. The first kappa shape index (κ1) is 25.9. The number of halogens is 1. The van der Waals surface area contributed by atoms with Gasteiger partial charge in [-0.2, -0.15) is 0 Å². The van der Waals surface area contributed by atoms with Crippen LogP contribution in [0.3, 0.4) is 0 Å². The normalized spacial score (nSPS) is 14.6. The molecule has 1 aliphatic heterocycles. The Labute approximate surface area is 214 Å². The Balaban J connectivity index is 1.68. The number of carbonyl (C=O) groups excluding carboxylic acids is 1. The van der Waals surface area contributed by atoms with E-state index in [-0.39, 0.29) is 11.8 Å². The Hall–Kier alpha value is -3.21.